The molecule has 0 spiro atoms. The molecule has 4 aromatic rings. The molecule has 186 valence electrons. The predicted octanol–water partition coefficient (Wildman–Crippen LogP) is 2.56. The number of aromatic nitrogens is 2. The summed E-state index contributed by atoms with van der Waals surface area (Å²) in [6.07, 6.45) is 5.39. The molecule has 0 aliphatic heterocycles. The second kappa shape index (κ2) is 13.7. The molecule has 0 unspecified atom stereocenters. The van der Waals surface area contributed by atoms with Gasteiger partial charge in [0.2, 0.25) is 6.33 Å². The van der Waals surface area contributed by atoms with E-state index in [2.05, 4.69) is 25.8 Å². The number of nitrogens with one attached hydrogen (secondary N) is 4. The van der Waals surface area contributed by atoms with Gasteiger partial charge in [-0.1, -0.05) is 36.4 Å². The van der Waals surface area contributed by atoms with Crippen LogP contribution < -0.4 is 15.8 Å². The first-order chi connectivity index (χ1) is 17.3. The summed E-state index contributed by atoms with van der Waals surface area (Å²) in [5.41, 5.74) is 3.81. The number of hydrazine groups is 1. The number of H-pyrrole nitrogens is 2. The molecular formula is C22H21N7O6S. The van der Waals surface area contributed by atoms with Gasteiger partial charge in [-0.15, -0.1) is 0 Å². The second-order valence-electron chi connectivity index (χ2n) is 6.56. The van der Waals surface area contributed by atoms with Gasteiger partial charge in [0.1, 0.15) is 12.4 Å². The molecule has 0 radical (unpaired) electrons. The molecule has 0 saturated carbocycles. The van der Waals surface area contributed by atoms with E-state index >= 15 is 0 Å². The monoisotopic (exact) mass is 511 g/mol. The quantitative estimate of drug-likeness (QED) is 0.106. The van der Waals surface area contributed by atoms with Crippen molar-refractivity contribution in [3.63, 3.8) is 0 Å². The summed E-state index contributed by atoms with van der Waals surface area (Å²) < 4.78 is 0. The van der Waals surface area contributed by atoms with E-state index in [-0.39, 0.29) is 10.7 Å². The minimum Gasteiger partial charge on any atom is -0.741 e. The molecule has 0 atom stereocenters. The van der Waals surface area contributed by atoms with Gasteiger partial charge < -0.3 is 23.2 Å². The highest BCUT2D eigenvalue weighted by Gasteiger charge is 2.19. The zero-order valence-corrected chi connectivity index (χ0v) is 19.6. The van der Waals surface area contributed by atoms with E-state index in [1.807, 2.05) is 48.8 Å². The van der Waals surface area contributed by atoms with Crippen molar-refractivity contribution in [1.29, 1.82) is 0 Å². The molecule has 0 aliphatic carbocycles. The molecule has 4 rings (SSSR count). The van der Waals surface area contributed by atoms with Crippen molar-refractivity contribution in [1.82, 2.24) is 15.8 Å². The van der Waals surface area contributed by atoms with Crippen LogP contribution in [0.4, 0.5) is 17.1 Å². The van der Waals surface area contributed by atoms with Crippen LogP contribution in [-0.4, -0.2) is 38.1 Å². The number of carbonyl (C=O) groups is 1. The summed E-state index contributed by atoms with van der Waals surface area (Å²) in [5, 5.41) is 30.6. The molecule has 36 heavy (non-hydrogen) atoms. The van der Waals surface area contributed by atoms with E-state index in [0.29, 0.717) is 5.69 Å². The van der Waals surface area contributed by atoms with Crippen molar-refractivity contribution in [2.75, 3.05) is 7.11 Å². The molecule has 1 heterocycles. The molecule has 0 aliphatic rings. The average Bonchev–Trinajstić information content (AvgIpc) is 3.49. The Morgan fingerprint density at radius 2 is 1.64 bits per heavy atom. The minimum atomic E-state index is -0.840. The van der Waals surface area contributed by atoms with Crippen molar-refractivity contribution < 1.29 is 24.7 Å². The summed E-state index contributed by atoms with van der Waals surface area (Å²) in [5.74, 6) is -0.840. The Balaban J connectivity index is 0.000000570. The molecule has 3 aromatic carbocycles. The minimum absolute atomic E-state index is 0.0605. The lowest BCUT2D eigenvalue weighted by Gasteiger charge is -2.15. The Morgan fingerprint density at radius 1 is 1.00 bits per heavy atom. The second-order valence-corrected chi connectivity index (χ2v) is 6.94. The van der Waals surface area contributed by atoms with Gasteiger partial charge in [0, 0.05) is 24.6 Å². The number of fused-ring (bicyclic) bond motifs is 1. The first kappa shape index (κ1) is 27.3. The number of non-ortho nitro benzene ring substituents is 2. The lowest BCUT2D eigenvalue weighted by Crippen LogP contribution is -2.40. The molecule has 1 amide bonds. The summed E-state index contributed by atoms with van der Waals surface area (Å²) in [6, 6.07) is 15.6. The molecule has 13 nitrogen and oxygen atoms in total. The number of imidazole rings is 1. The molecule has 5 N–H and O–H groups in total. The number of amidine groups is 1. The summed E-state index contributed by atoms with van der Waals surface area (Å²) in [7, 11) is 1.00. The van der Waals surface area contributed by atoms with Crippen LogP contribution in [0.15, 0.2) is 84.4 Å². The Bertz CT molecular complexity index is 1310. The van der Waals surface area contributed by atoms with Crippen molar-refractivity contribution >= 4 is 51.5 Å². The third kappa shape index (κ3) is 7.82. The zero-order valence-electron chi connectivity index (χ0n) is 18.7. The highest BCUT2D eigenvalue weighted by Crippen LogP contribution is 2.25. The fraction of sp³-hybridized carbons (Fsp3) is 0.0455. The van der Waals surface area contributed by atoms with Crippen LogP contribution >= 0.6 is 0 Å². The van der Waals surface area contributed by atoms with E-state index in [9.17, 15) is 25.0 Å². The number of nitro benzene ring substituents is 2. The number of hydrogen-bond acceptors (Lipinski definition) is 8. The standard InChI is InChI=1S/C18H13N5O5S.C3H4N2.CH4O/c24-17(12-8-13(22(25)26)10-14(9-12)23(27)28)20-21-18(29)19-16-7-3-5-11-4-1-2-6-15(11)16;1-2-5-3-4-1;1-2/h1-10H,(H,20,24)(H2,19,21,29);1-3H,(H,4,5);2H,1H3. The third-order valence-electron chi connectivity index (χ3n) is 4.30. The fourth-order valence-corrected chi connectivity index (χ4v) is 2.95. The van der Waals surface area contributed by atoms with Gasteiger partial charge in [-0.3, -0.25) is 45.4 Å². The number of aromatic amines is 2. The summed E-state index contributed by atoms with van der Waals surface area (Å²) in [6.45, 7) is 0. The van der Waals surface area contributed by atoms with Gasteiger partial charge in [0.15, 0.2) is 0 Å². The fourth-order valence-electron chi connectivity index (χ4n) is 2.80. The molecular weight excluding hydrogens is 490 g/mol. The number of aliphatic hydroxyl groups excluding tert-OH is 1. The summed E-state index contributed by atoms with van der Waals surface area (Å²) >= 11 is 5.09. The molecule has 0 bridgehead atoms. The van der Waals surface area contributed by atoms with Crippen molar-refractivity contribution in [2.24, 2.45) is 4.99 Å². The van der Waals surface area contributed by atoms with E-state index < -0.39 is 27.1 Å². The van der Waals surface area contributed by atoms with Crippen LogP contribution in [-0.2, 0) is 12.6 Å². The topological polar surface area (TPSA) is 190 Å². The van der Waals surface area contributed by atoms with Crippen molar-refractivity contribution in [2.45, 2.75) is 0 Å². The van der Waals surface area contributed by atoms with Gasteiger partial charge in [-0.25, -0.2) is 0 Å². The van der Waals surface area contributed by atoms with Gasteiger partial charge in [-0.2, -0.15) is 0 Å². The van der Waals surface area contributed by atoms with Gasteiger partial charge >= 0.3 is 0 Å². The van der Waals surface area contributed by atoms with Gasteiger partial charge in [-0.05, 0) is 16.6 Å². The van der Waals surface area contributed by atoms with E-state index in [1.165, 1.54) is 0 Å². The maximum absolute atomic E-state index is 12.2. The maximum atomic E-state index is 12.2. The van der Waals surface area contributed by atoms with Crippen LogP contribution in [0.1, 0.15) is 10.4 Å². The van der Waals surface area contributed by atoms with E-state index in [0.717, 1.165) is 36.1 Å². The summed E-state index contributed by atoms with van der Waals surface area (Å²) in [4.78, 5) is 42.3. The zero-order chi connectivity index (χ0) is 26.5. The first-order valence-corrected chi connectivity index (χ1v) is 10.4. The normalized spacial score (nSPS) is 10.2. The van der Waals surface area contributed by atoms with Gasteiger partial charge in [0.25, 0.3) is 17.3 Å². The SMILES string of the molecule is CO.O=C(NNC([S-])=Nc1cccc2ccccc12)c1cc([N+](=O)[O-])cc([N+](=O)[O-])c1.c1c[nH+]c[nH]1. The number of nitro groups is 2. The largest absolute Gasteiger partial charge is 0.741 e. The lowest BCUT2D eigenvalue weighted by atomic mass is 10.1. The molecule has 0 fully saturated rings. The highest BCUT2D eigenvalue weighted by atomic mass is 32.1. The smallest absolute Gasteiger partial charge is 0.277 e. The number of nitrogens with zero attached hydrogens (tertiary/aromatic N) is 3. The Hall–Kier alpha value is -4.95. The average molecular weight is 512 g/mol. The number of rotatable bonds is 4. The maximum Gasteiger partial charge on any atom is 0.277 e. The van der Waals surface area contributed by atoms with Crippen LogP contribution in [0.25, 0.3) is 10.8 Å². The molecule has 14 heteroatoms. The predicted molar refractivity (Wildman–Crippen MR) is 134 cm³/mol. The third-order valence-corrected chi connectivity index (χ3v) is 4.49. The van der Waals surface area contributed by atoms with Crippen LogP contribution in [0.2, 0.25) is 0 Å². The Labute approximate surface area is 209 Å². The van der Waals surface area contributed by atoms with Gasteiger partial charge in [0.05, 0.1) is 27.2 Å². The van der Waals surface area contributed by atoms with Crippen LogP contribution in [0.3, 0.4) is 0 Å². The van der Waals surface area contributed by atoms with Crippen molar-refractivity contribution in [3.8, 4) is 0 Å². The first-order valence-electron chi connectivity index (χ1n) is 10.0. The molecule has 1 aromatic heterocycles. The molecule has 0 saturated heterocycles. The van der Waals surface area contributed by atoms with Crippen LogP contribution in [0, 0.1) is 20.2 Å². The van der Waals surface area contributed by atoms with E-state index in [4.69, 9.17) is 17.7 Å². The Kier molecular flexibility index (Phi) is 10.4. The number of carbonyl (C=O) groups excluding carboxylic acids is 1. The number of hydrogen-bond donors (Lipinski definition) is 4. The highest BCUT2D eigenvalue weighted by molar-refractivity contribution is 7.77. The lowest BCUT2D eigenvalue weighted by molar-refractivity contribution is -0.394. The van der Waals surface area contributed by atoms with Crippen molar-refractivity contribution in [3.05, 3.63) is 105 Å². The number of aliphatic hydroxyl groups is 1. The number of aliphatic imine (C=N–C) groups is 1. The van der Waals surface area contributed by atoms with Crippen LogP contribution in [0.5, 0.6) is 0 Å². The Morgan fingerprint density at radius 3 is 2.19 bits per heavy atom. The van der Waals surface area contributed by atoms with E-state index in [1.54, 1.807) is 12.4 Å². The number of amides is 1. The number of benzene rings is 3.